The van der Waals surface area contributed by atoms with Gasteiger partial charge in [-0.1, -0.05) is 6.07 Å². The topological polar surface area (TPSA) is 21.1 Å². The molecule has 0 aliphatic rings. The largest absolute Gasteiger partial charge is 0.309 e. The molecule has 86 valence electrons. The Balaban J connectivity index is 2.08. The highest BCUT2D eigenvalue weighted by molar-refractivity contribution is 5.79. The van der Waals surface area contributed by atoms with Crippen LogP contribution in [0.15, 0.2) is 24.4 Å². The monoisotopic (exact) mass is 217 g/mol. The first-order valence-corrected chi connectivity index (χ1v) is 5.72. The van der Waals surface area contributed by atoms with Crippen molar-refractivity contribution < 1.29 is 0 Å². The highest BCUT2D eigenvalue weighted by atomic mass is 15.2. The van der Waals surface area contributed by atoms with E-state index in [1.54, 1.807) is 0 Å². The van der Waals surface area contributed by atoms with Crippen molar-refractivity contribution in [2.75, 3.05) is 20.6 Å². The highest BCUT2D eigenvalue weighted by Crippen LogP contribution is 2.15. The lowest BCUT2D eigenvalue weighted by molar-refractivity contribution is 0.400. The van der Waals surface area contributed by atoms with Crippen LogP contribution >= 0.6 is 0 Å². The minimum Gasteiger partial charge on any atom is -0.309 e. The fourth-order valence-corrected chi connectivity index (χ4v) is 1.97. The zero-order chi connectivity index (χ0) is 11.5. The molecule has 0 N–H and O–H groups in total. The van der Waals surface area contributed by atoms with Gasteiger partial charge in [0.25, 0.3) is 0 Å². The van der Waals surface area contributed by atoms with Gasteiger partial charge < -0.3 is 4.90 Å². The minimum atomic E-state index is 1.14. The summed E-state index contributed by atoms with van der Waals surface area (Å²) in [6, 6.07) is 6.62. The van der Waals surface area contributed by atoms with Gasteiger partial charge in [0.2, 0.25) is 0 Å². The van der Waals surface area contributed by atoms with Crippen molar-refractivity contribution in [2.45, 2.75) is 12.8 Å². The predicted molar refractivity (Wildman–Crippen MR) is 67.6 cm³/mol. The van der Waals surface area contributed by atoms with Crippen molar-refractivity contribution in [1.82, 2.24) is 14.7 Å². The first-order chi connectivity index (χ1) is 7.66. The number of aromatic nitrogens is 2. The third-order valence-corrected chi connectivity index (χ3v) is 2.88. The molecule has 1 aromatic heterocycles. The molecular formula is C13H19N3. The molecule has 0 aliphatic carbocycles. The van der Waals surface area contributed by atoms with Gasteiger partial charge in [0, 0.05) is 12.4 Å². The molecule has 0 spiro atoms. The lowest BCUT2D eigenvalue weighted by Crippen LogP contribution is -2.13. The maximum atomic E-state index is 4.25. The van der Waals surface area contributed by atoms with Gasteiger partial charge in [-0.05, 0) is 51.2 Å². The summed E-state index contributed by atoms with van der Waals surface area (Å²) >= 11 is 0. The van der Waals surface area contributed by atoms with Gasteiger partial charge in [0.15, 0.2) is 0 Å². The molecule has 0 aliphatic heterocycles. The Labute approximate surface area is 96.7 Å². The van der Waals surface area contributed by atoms with Gasteiger partial charge in [0.05, 0.1) is 11.7 Å². The third kappa shape index (κ3) is 2.42. The number of hydrogen-bond acceptors (Lipinski definition) is 2. The predicted octanol–water partition coefficient (Wildman–Crippen LogP) is 2.07. The van der Waals surface area contributed by atoms with Gasteiger partial charge in [-0.25, -0.2) is 0 Å². The molecular weight excluding hydrogens is 198 g/mol. The molecule has 0 amide bonds. The molecule has 3 nitrogen and oxygen atoms in total. The zero-order valence-electron chi connectivity index (χ0n) is 10.3. The number of benzene rings is 1. The Kier molecular flexibility index (Phi) is 3.25. The van der Waals surface area contributed by atoms with Crippen LogP contribution in [0.1, 0.15) is 12.0 Å². The van der Waals surface area contributed by atoms with Crippen LogP contribution in [0.4, 0.5) is 0 Å². The van der Waals surface area contributed by atoms with E-state index in [0.29, 0.717) is 0 Å². The van der Waals surface area contributed by atoms with Crippen LogP contribution in [0.5, 0.6) is 0 Å². The average Bonchev–Trinajstić information content (AvgIpc) is 2.60. The first kappa shape index (κ1) is 11.1. The summed E-state index contributed by atoms with van der Waals surface area (Å²) in [7, 11) is 6.21. The second kappa shape index (κ2) is 4.66. The molecule has 1 heterocycles. The van der Waals surface area contributed by atoms with Crippen molar-refractivity contribution in [1.29, 1.82) is 0 Å². The van der Waals surface area contributed by atoms with Gasteiger partial charge in [0.1, 0.15) is 0 Å². The fraction of sp³-hybridized carbons (Fsp3) is 0.462. The number of hydrogen-bond donors (Lipinski definition) is 0. The van der Waals surface area contributed by atoms with Crippen LogP contribution in [-0.4, -0.2) is 35.3 Å². The van der Waals surface area contributed by atoms with E-state index >= 15 is 0 Å². The van der Waals surface area contributed by atoms with E-state index in [-0.39, 0.29) is 0 Å². The zero-order valence-corrected chi connectivity index (χ0v) is 10.3. The number of nitrogens with zero attached hydrogens (tertiary/aromatic N) is 3. The molecule has 0 unspecified atom stereocenters. The third-order valence-electron chi connectivity index (χ3n) is 2.88. The lowest BCUT2D eigenvalue weighted by atomic mass is 10.1. The number of rotatable bonds is 4. The molecule has 2 aromatic rings. The first-order valence-electron chi connectivity index (χ1n) is 5.72. The molecule has 0 atom stereocenters. The van der Waals surface area contributed by atoms with E-state index in [0.717, 1.165) is 13.0 Å². The molecule has 0 fully saturated rings. The van der Waals surface area contributed by atoms with E-state index in [9.17, 15) is 0 Å². The second-order valence-corrected chi connectivity index (χ2v) is 4.57. The molecule has 0 saturated heterocycles. The summed E-state index contributed by atoms with van der Waals surface area (Å²) in [6.45, 7) is 1.14. The van der Waals surface area contributed by atoms with Gasteiger partial charge in [-0.2, -0.15) is 5.10 Å². The Hall–Kier alpha value is -1.35. The van der Waals surface area contributed by atoms with Crippen LogP contribution in [0.25, 0.3) is 10.9 Å². The van der Waals surface area contributed by atoms with E-state index in [1.807, 2.05) is 17.9 Å². The van der Waals surface area contributed by atoms with Crippen LogP contribution in [0, 0.1) is 0 Å². The summed E-state index contributed by atoms with van der Waals surface area (Å²) < 4.78 is 1.92. The van der Waals surface area contributed by atoms with Gasteiger partial charge in [-0.15, -0.1) is 0 Å². The maximum absolute atomic E-state index is 4.25. The van der Waals surface area contributed by atoms with Gasteiger partial charge in [-0.3, -0.25) is 4.68 Å². The molecule has 0 radical (unpaired) electrons. The molecule has 3 heteroatoms. The van der Waals surface area contributed by atoms with Crippen LogP contribution < -0.4 is 0 Å². The summed E-state index contributed by atoms with van der Waals surface area (Å²) in [6.07, 6.45) is 4.28. The average molecular weight is 217 g/mol. The summed E-state index contributed by atoms with van der Waals surface area (Å²) in [5.74, 6) is 0. The summed E-state index contributed by atoms with van der Waals surface area (Å²) in [5.41, 5.74) is 2.61. The van der Waals surface area contributed by atoms with E-state index in [2.05, 4.69) is 42.3 Å². The number of fused-ring (bicyclic) bond motifs is 1. The van der Waals surface area contributed by atoms with Crippen molar-refractivity contribution in [2.24, 2.45) is 7.05 Å². The van der Waals surface area contributed by atoms with Crippen molar-refractivity contribution >= 4 is 10.9 Å². The smallest absolute Gasteiger partial charge is 0.0679 e. The molecule has 2 rings (SSSR count). The summed E-state index contributed by atoms with van der Waals surface area (Å²) in [4.78, 5) is 2.22. The van der Waals surface area contributed by atoms with Crippen LogP contribution in [-0.2, 0) is 13.5 Å². The van der Waals surface area contributed by atoms with Crippen LogP contribution in [0.2, 0.25) is 0 Å². The Morgan fingerprint density at radius 2 is 2.12 bits per heavy atom. The van der Waals surface area contributed by atoms with E-state index < -0.39 is 0 Å². The fourth-order valence-electron chi connectivity index (χ4n) is 1.97. The Morgan fingerprint density at radius 3 is 2.88 bits per heavy atom. The molecule has 1 aromatic carbocycles. The second-order valence-electron chi connectivity index (χ2n) is 4.57. The van der Waals surface area contributed by atoms with E-state index in [4.69, 9.17) is 0 Å². The quantitative estimate of drug-likeness (QED) is 0.781. The normalized spacial score (nSPS) is 11.5. The highest BCUT2D eigenvalue weighted by Gasteiger charge is 2.01. The maximum Gasteiger partial charge on any atom is 0.0679 e. The van der Waals surface area contributed by atoms with Crippen LogP contribution in [0.3, 0.4) is 0 Å². The van der Waals surface area contributed by atoms with Gasteiger partial charge >= 0.3 is 0 Å². The van der Waals surface area contributed by atoms with Crippen molar-refractivity contribution in [3.05, 3.63) is 30.0 Å². The van der Waals surface area contributed by atoms with Crippen molar-refractivity contribution in [3.8, 4) is 0 Å². The Morgan fingerprint density at radius 1 is 1.31 bits per heavy atom. The lowest BCUT2D eigenvalue weighted by Gasteiger charge is -2.08. The minimum absolute atomic E-state index is 1.14. The van der Waals surface area contributed by atoms with E-state index in [1.165, 1.54) is 22.9 Å². The molecule has 0 bridgehead atoms. The summed E-state index contributed by atoms with van der Waals surface area (Å²) in [5, 5.41) is 5.49. The van der Waals surface area contributed by atoms with Crippen molar-refractivity contribution in [3.63, 3.8) is 0 Å². The molecule has 16 heavy (non-hydrogen) atoms. The standard InChI is InChI=1S/C13H19N3/c1-15(2)8-4-5-11-6-7-13-12(9-11)10-14-16(13)3/h6-7,9-10H,4-5,8H2,1-3H3. The molecule has 0 saturated carbocycles. The Bertz CT molecular complexity index is 471. The number of aryl methyl sites for hydroxylation is 2. The SMILES string of the molecule is CN(C)CCCc1ccc2c(cnn2C)c1.